The fourth-order valence-corrected chi connectivity index (χ4v) is 3.51. The molecule has 2 unspecified atom stereocenters. The van der Waals surface area contributed by atoms with Crippen molar-refractivity contribution in [1.82, 2.24) is 10.3 Å². The number of ether oxygens (including phenoxy) is 1. The molecule has 1 aromatic heterocycles. The van der Waals surface area contributed by atoms with Gasteiger partial charge in [0.15, 0.2) is 5.13 Å². The fraction of sp³-hybridized carbons (Fsp3) is 0.733. The summed E-state index contributed by atoms with van der Waals surface area (Å²) in [5.74, 6) is -4.61. The number of hydrogen-bond donors (Lipinski definition) is 2. The minimum absolute atomic E-state index is 0.00703. The second-order valence-electron chi connectivity index (χ2n) is 5.83. The highest BCUT2D eigenvalue weighted by molar-refractivity contribution is 7.13. The topological polar surface area (TPSA) is 77.2 Å². The Morgan fingerprint density at radius 1 is 1.57 bits per heavy atom. The Kier molecular flexibility index (Phi) is 5.91. The summed E-state index contributed by atoms with van der Waals surface area (Å²) >= 11 is 0.892. The van der Waals surface area contributed by atoms with Gasteiger partial charge in [-0.1, -0.05) is 26.7 Å². The molecule has 23 heavy (non-hydrogen) atoms. The molecule has 2 rings (SSSR count). The number of nitrogen functional groups attached to an aromatic ring is 1. The third-order valence-corrected chi connectivity index (χ3v) is 5.03. The zero-order chi connectivity index (χ0) is 17.0. The van der Waals surface area contributed by atoms with Crippen molar-refractivity contribution in [3.05, 3.63) is 11.1 Å². The van der Waals surface area contributed by atoms with Crippen molar-refractivity contribution < 1.29 is 18.3 Å². The van der Waals surface area contributed by atoms with Crippen LogP contribution in [0.4, 0.5) is 13.9 Å². The van der Waals surface area contributed by atoms with Crippen molar-refractivity contribution in [1.29, 1.82) is 0 Å². The molecule has 8 heteroatoms. The van der Waals surface area contributed by atoms with Gasteiger partial charge >= 0.3 is 5.92 Å². The Morgan fingerprint density at radius 2 is 2.26 bits per heavy atom. The van der Waals surface area contributed by atoms with Crippen LogP contribution in [-0.2, 0) is 15.5 Å². The lowest BCUT2D eigenvalue weighted by atomic mass is 9.89. The highest BCUT2D eigenvalue weighted by Crippen LogP contribution is 2.31. The highest BCUT2D eigenvalue weighted by atomic mass is 32.1. The van der Waals surface area contributed by atoms with E-state index in [1.54, 1.807) is 0 Å². The minimum atomic E-state index is -3.67. The zero-order valence-corrected chi connectivity index (χ0v) is 14.2. The number of alkyl halides is 2. The molecule has 0 aliphatic carbocycles. The number of carbonyl (C=O) groups excluding carboxylic acids is 1. The Morgan fingerprint density at radius 3 is 2.83 bits per heavy atom. The monoisotopic (exact) mass is 347 g/mol. The van der Waals surface area contributed by atoms with Gasteiger partial charge in [0, 0.05) is 18.0 Å². The molecule has 0 spiro atoms. The normalized spacial score (nSPS) is 22.3. The molecule has 0 bridgehead atoms. The SMILES string of the molecule is CCC(CC)C1CC(NC(=O)C(F)(F)c2csc(N)n2)CCO1. The maximum absolute atomic E-state index is 14.2. The summed E-state index contributed by atoms with van der Waals surface area (Å²) in [4.78, 5) is 15.5. The van der Waals surface area contributed by atoms with Crippen LogP contribution in [0.5, 0.6) is 0 Å². The Balaban J connectivity index is 1.99. The van der Waals surface area contributed by atoms with Gasteiger partial charge in [-0.05, 0) is 18.8 Å². The minimum Gasteiger partial charge on any atom is -0.378 e. The van der Waals surface area contributed by atoms with Gasteiger partial charge in [-0.2, -0.15) is 8.78 Å². The van der Waals surface area contributed by atoms with Crippen LogP contribution < -0.4 is 11.1 Å². The summed E-state index contributed by atoms with van der Waals surface area (Å²) in [6.45, 7) is 4.64. The Labute approximate surface area is 138 Å². The predicted octanol–water partition coefficient (Wildman–Crippen LogP) is 2.92. The van der Waals surface area contributed by atoms with Crippen LogP contribution in [0.2, 0.25) is 0 Å². The predicted molar refractivity (Wildman–Crippen MR) is 85.4 cm³/mol. The average molecular weight is 347 g/mol. The lowest BCUT2D eigenvalue weighted by molar-refractivity contribution is -0.149. The molecular formula is C15H23F2N3O2S. The number of aromatic nitrogens is 1. The van der Waals surface area contributed by atoms with Gasteiger partial charge in [0.05, 0.1) is 6.10 Å². The number of amides is 1. The van der Waals surface area contributed by atoms with E-state index in [1.807, 2.05) is 0 Å². The number of nitrogens with two attached hydrogens (primary N) is 1. The molecule has 1 fully saturated rings. The summed E-state index contributed by atoms with van der Waals surface area (Å²) in [5.41, 5.74) is 4.77. The van der Waals surface area contributed by atoms with Crippen LogP contribution in [0, 0.1) is 5.92 Å². The largest absolute Gasteiger partial charge is 0.378 e. The number of carbonyl (C=O) groups is 1. The van der Waals surface area contributed by atoms with Crippen LogP contribution in [0.15, 0.2) is 5.38 Å². The number of halogens is 2. The van der Waals surface area contributed by atoms with E-state index in [9.17, 15) is 13.6 Å². The number of thiazole rings is 1. The molecule has 1 amide bonds. The molecule has 1 aliphatic heterocycles. The molecule has 5 nitrogen and oxygen atoms in total. The third-order valence-electron chi connectivity index (χ3n) is 4.35. The van der Waals surface area contributed by atoms with Crippen LogP contribution >= 0.6 is 11.3 Å². The Hall–Kier alpha value is -1.28. The van der Waals surface area contributed by atoms with E-state index in [-0.39, 0.29) is 17.3 Å². The molecule has 0 radical (unpaired) electrons. The maximum Gasteiger partial charge on any atom is 0.366 e. The smallest absolute Gasteiger partial charge is 0.366 e. The average Bonchev–Trinajstić information content (AvgIpc) is 2.96. The van der Waals surface area contributed by atoms with Gasteiger partial charge in [0.1, 0.15) is 5.69 Å². The quantitative estimate of drug-likeness (QED) is 0.829. The van der Waals surface area contributed by atoms with E-state index in [4.69, 9.17) is 10.5 Å². The Bertz CT molecular complexity index is 535. The molecule has 1 saturated heterocycles. The van der Waals surface area contributed by atoms with Crippen molar-refractivity contribution in [2.24, 2.45) is 5.92 Å². The van der Waals surface area contributed by atoms with Crippen molar-refractivity contribution in [3.8, 4) is 0 Å². The molecule has 2 atom stereocenters. The summed E-state index contributed by atoms with van der Waals surface area (Å²) in [7, 11) is 0. The first-order valence-corrected chi connectivity index (χ1v) is 8.78. The van der Waals surface area contributed by atoms with E-state index >= 15 is 0 Å². The molecule has 0 saturated carbocycles. The first-order chi connectivity index (χ1) is 10.9. The fourth-order valence-electron chi connectivity index (χ4n) is 2.93. The molecular weight excluding hydrogens is 324 g/mol. The lowest BCUT2D eigenvalue weighted by Crippen LogP contribution is -2.48. The molecule has 0 aromatic carbocycles. The summed E-state index contributed by atoms with van der Waals surface area (Å²) in [6, 6.07) is -0.302. The van der Waals surface area contributed by atoms with Crippen LogP contribution in [0.25, 0.3) is 0 Å². The maximum atomic E-state index is 14.2. The van der Waals surface area contributed by atoms with Gasteiger partial charge < -0.3 is 15.8 Å². The molecule has 130 valence electrons. The molecule has 2 heterocycles. The van der Waals surface area contributed by atoms with Crippen LogP contribution in [-0.4, -0.2) is 29.6 Å². The summed E-state index contributed by atoms with van der Waals surface area (Å²) < 4.78 is 34.0. The number of anilines is 1. The lowest BCUT2D eigenvalue weighted by Gasteiger charge is -2.34. The number of hydrogen-bond acceptors (Lipinski definition) is 5. The molecule has 1 aliphatic rings. The van der Waals surface area contributed by atoms with Gasteiger partial charge in [-0.15, -0.1) is 11.3 Å². The van der Waals surface area contributed by atoms with Crippen LogP contribution in [0.1, 0.15) is 45.2 Å². The first kappa shape index (κ1) is 18.1. The van der Waals surface area contributed by atoms with Crippen molar-refractivity contribution in [2.45, 2.75) is 57.6 Å². The van der Waals surface area contributed by atoms with E-state index in [0.717, 1.165) is 29.6 Å². The van der Waals surface area contributed by atoms with Gasteiger partial charge in [-0.3, -0.25) is 4.79 Å². The molecule has 3 N–H and O–H groups in total. The zero-order valence-electron chi connectivity index (χ0n) is 13.4. The summed E-state index contributed by atoms with van der Waals surface area (Å²) in [5, 5.41) is 3.59. The van der Waals surface area contributed by atoms with E-state index in [0.29, 0.717) is 25.4 Å². The van der Waals surface area contributed by atoms with Crippen LogP contribution in [0.3, 0.4) is 0 Å². The second-order valence-corrected chi connectivity index (χ2v) is 6.72. The number of rotatable bonds is 6. The van der Waals surface area contributed by atoms with E-state index in [2.05, 4.69) is 24.1 Å². The van der Waals surface area contributed by atoms with Gasteiger partial charge in [-0.25, -0.2) is 4.98 Å². The molecule has 1 aromatic rings. The number of nitrogens with zero attached hydrogens (tertiary/aromatic N) is 1. The first-order valence-electron chi connectivity index (χ1n) is 7.90. The standard InChI is InChI=1S/C15H23F2N3O2S/c1-3-9(4-2)11-7-10(5-6-22-11)19-13(21)15(16,17)12-8-23-14(18)20-12/h8-11H,3-7H2,1-2H3,(H2,18,20)(H,19,21). The number of nitrogens with one attached hydrogen (secondary N) is 1. The van der Waals surface area contributed by atoms with E-state index in [1.165, 1.54) is 0 Å². The van der Waals surface area contributed by atoms with Crippen molar-refractivity contribution >= 4 is 22.4 Å². The van der Waals surface area contributed by atoms with Gasteiger partial charge in [0.2, 0.25) is 0 Å². The van der Waals surface area contributed by atoms with Crippen molar-refractivity contribution in [3.63, 3.8) is 0 Å². The summed E-state index contributed by atoms with van der Waals surface area (Å²) in [6.07, 6.45) is 3.05. The van der Waals surface area contributed by atoms with E-state index < -0.39 is 17.5 Å². The highest BCUT2D eigenvalue weighted by Gasteiger charge is 2.44. The third kappa shape index (κ3) is 4.17. The second kappa shape index (κ2) is 7.53. The van der Waals surface area contributed by atoms with Gasteiger partial charge in [0.25, 0.3) is 5.91 Å². The van der Waals surface area contributed by atoms with Crippen molar-refractivity contribution in [2.75, 3.05) is 12.3 Å².